The number of sulfonamides is 1. The van der Waals surface area contributed by atoms with Crippen molar-refractivity contribution < 1.29 is 22.5 Å². The van der Waals surface area contributed by atoms with E-state index >= 15 is 0 Å². The van der Waals surface area contributed by atoms with Crippen molar-refractivity contribution in [1.29, 1.82) is 0 Å². The summed E-state index contributed by atoms with van der Waals surface area (Å²) < 4.78 is 38.8. The van der Waals surface area contributed by atoms with Gasteiger partial charge in [0.1, 0.15) is 4.90 Å². The highest BCUT2D eigenvalue weighted by Gasteiger charge is 2.26. The zero-order valence-corrected chi connectivity index (χ0v) is 18.8. The number of anilines is 1. The van der Waals surface area contributed by atoms with Gasteiger partial charge in [-0.1, -0.05) is 24.2 Å². The molecule has 3 heterocycles. The van der Waals surface area contributed by atoms with Crippen LogP contribution in [0.3, 0.4) is 0 Å². The van der Waals surface area contributed by atoms with E-state index in [4.69, 9.17) is 9.26 Å². The van der Waals surface area contributed by atoms with Gasteiger partial charge < -0.3 is 14.2 Å². The SMILES string of the molecule is CCc1ccc(NS(=O)(=O)c2cc(-c3noc(C(=O)N4CCOCC4)n3)sc2C)cc1. The molecule has 1 saturated heterocycles. The molecule has 0 atom stereocenters. The van der Waals surface area contributed by atoms with Crippen molar-refractivity contribution in [3.8, 4) is 10.7 Å². The van der Waals surface area contributed by atoms with Crippen molar-refractivity contribution >= 4 is 33.0 Å². The molecule has 1 aromatic carbocycles. The molecule has 0 aliphatic carbocycles. The summed E-state index contributed by atoms with van der Waals surface area (Å²) in [5.41, 5.74) is 1.61. The lowest BCUT2D eigenvalue weighted by Gasteiger charge is -2.25. The Morgan fingerprint density at radius 1 is 1.23 bits per heavy atom. The van der Waals surface area contributed by atoms with E-state index in [9.17, 15) is 13.2 Å². The number of thiophene rings is 1. The van der Waals surface area contributed by atoms with Gasteiger partial charge in [-0.2, -0.15) is 4.98 Å². The molecule has 0 bridgehead atoms. The molecule has 31 heavy (non-hydrogen) atoms. The number of hydrogen-bond donors (Lipinski definition) is 1. The van der Waals surface area contributed by atoms with Crippen molar-refractivity contribution in [2.75, 3.05) is 31.0 Å². The molecule has 1 fully saturated rings. The highest BCUT2D eigenvalue weighted by atomic mass is 32.2. The summed E-state index contributed by atoms with van der Waals surface area (Å²) in [4.78, 5) is 19.5. The summed E-state index contributed by atoms with van der Waals surface area (Å²) >= 11 is 1.22. The van der Waals surface area contributed by atoms with Crippen LogP contribution in [0, 0.1) is 6.92 Å². The van der Waals surface area contributed by atoms with E-state index in [0.29, 0.717) is 41.7 Å². The summed E-state index contributed by atoms with van der Waals surface area (Å²) in [7, 11) is -3.79. The van der Waals surface area contributed by atoms with Crippen molar-refractivity contribution in [2.24, 2.45) is 0 Å². The maximum Gasteiger partial charge on any atom is 0.316 e. The second kappa shape index (κ2) is 8.77. The lowest BCUT2D eigenvalue weighted by molar-refractivity contribution is 0.0272. The fraction of sp³-hybridized carbons (Fsp3) is 0.350. The average Bonchev–Trinajstić information content (AvgIpc) is 3.41. The monoisotopic (exact) mass is 462 g/mol. The lowest BCUT2D eigenvalue weighted by Crippen LogP contribution is -2.40. The fourth-order valence-electron chi connectivity index (χ4n) is 3.17. The van der Waals surface area contributed by atoms with Gasteiger partial charge in [-0.05, 0) is 37.1 Å². The number of benzene rings is 1. The van der Waals surface area contributed by atoms with Gasteiger partial charge in [0.25, 0.3) is 10.0 Å². The van der Waals surface area contributed by atoms with Crippen LogP contribution in [0.1, 0.15) is 28.0 Å². The number of morpholine rings is 1. The summed E-state index contributed by atoms with van der Waals surface area (Å²) in [6.07, 6.45) is 0.876. The first-order chi connectivity index (χ1) is 14.9. The van der Waals surface area contributed by atoms with Crippen LogP contribution in [0.4, 0.5) is 5.69 Å². The van der Waals surface area contributed by atoms with Gasteiger partial charge in [0.2, 0.25) is 5.82 Å². The van der Waals surface area contributed by atoms with E-state index in [2.05, 4.69) is 14.9 Å². The number of nitrogens with zero attached hydrogens (tertiary/aromatic N) is 3. The van der Waals surface area contributed by atoms with Gasteiger partial charge in [-0.3, -0.25) is 9.52 Å². The number of aromatic nitrogens is 2. The second-order valence-corrected chi connectivity index (χ2v) is 9.92. The molecule has 3 aromatic rings. The number of nitrogens with one attached hydrogen (secondary N) is 1. The van der Waals surface area contributed by atoms with Crippen molar-refractivity contribution in [2.45, 2.75) is 25.2 Å². The summed E-state index contributed by atoms with van der Waals surface area (Å²) in [5.74, 6) is -0.305. The Kier molecular flexibility index (Phi) is 6.08. The molecule has 9 nitrogen and oxygen atoms in total. The molecule has 0 spiro atoms. The molecule has 4 rings (SSSR count). The van der Waals surface area contributed by atoms with Crippen LogP contribution < -0.4 is 4.72 Å². The largest absolute Gasteiger partial charge is 0.378 e. The minimum absolute atomic E-state index is 0.124. The molecule has 0 saturated carbocycles. The molecule has 1 N–H and O–H groups in total. The third kappa shape index (κ3) is 4.63. The topological polar surface area (TPSA) is 115 Å². The van der Waals surface area contributed by atoms with Crippen molar-refractivity contribution in [3.05, 3.63) is 46.7 Å². The first kappa shape index (κ1) is 21.5. The van der Waals surface area contributed by atoms with Crippen LogP contribution >= 0.6 is 11.3 Å². The number of carbonyl (C=O) groups is 1. The highest BCUT2D eigenvalue weighted by Crippen LogP contribution is 2.33. The van der Waals surface area contributed by atoms with Gasteiger partial charge in [-0.15, -0.1) is 11.3 Å². The fourth-order valence-corrected chi connectivity index (χ4v) is 5.75. The maximum atomic E-state index is 12.9. The van der Waals surface area contributed by atoms with E-state index in [0.717, 1.165) is 12.0 Å². The number of ether oxygens (including phenoxy) is 1. The Balaban J connectivity index is 1.54. The zero-order valence-electron chi connectivity index (χ0n) is 17.1. The Bertz CT molecular complexity index is 1180. The Morgan fingerprint density at radius 2 is 1.94 bits per heavy atom. The minimum atomic E-state index is -3.79. The molecule has 0 unspecified atom stereocenters. The molecular formula is C20H22N4O5S2. The van der Waals surface area contributed by atoms with Crippen LogP contribution in [0.2, 0.25) is 0 Å². The standard InChI is InChI=1S/C20H22N4O5S2/c1-3-14-4-6-15(7-5-14)23-31(26,27)17-12-16(30-13(17)2)18-21-19(29-22-18)20(25)24-8-10-28-11-9-24/h4-7,12,23H,3,8-11H2,1-2H3. The Hall–Kier alpha value is -2.76. The van der Waals surface area contributed by atoms with Gasteiger partial charge in [-0.25, -0.2) is 8.42 Å². The first-order valence-electron chi connectivity index (χ1n) is 9.80. The molecule has 0 radical (unpaired) electrons. The molecule has 11 heteroatoms. The number of rotatable bonds is 6. The van der Waals surface area contributed by atoms with E-state index in [-0.39, 0.29) is 22.5 Å². The maximum absolute atomic E-state index is 12.9. The third-order valence-corrected chi connectivity index (χ3v) is 7.59. The first-order valence-corrected chi connectivity index (χ1v) is 12.1. The lowest BCUT2D eigenvalue weighted by atomic mass is 10.2. The Labute approximate surface area is 184 Å². The summed E-state index contributed by atoms with van der Waals surface area (Å²) in [6.45, 7) is 5.60. The average molecular weight is 463 g/mol. The van der Waals surface area contributed by atoms with Crippen LogP contribution in [0.25, 0.3) is 10.7 Å². The number of hydrogen-bond acceptors (Lipinski definition) is 8. The molecule has 1 amide bonds. The minimum Gasteiger partial charge on any atom is -0.378 e. The summed E-state index contributed by atoms with van der Waals surface area (Å²) in [5, 5.41) is 3.87. The van der Waals surface area contributed by atoms with E-state index in [1.54, 1.807) is 24.0 Å². The second-order valence-electron chi connectivity index (χ2n) is 7.01. The predicted molar refractivity (Wildman–Crippen MR) is 116 cm³/mol. The smallest absolute Gasteiger partial charge is 0.316 e. The van der Waals surface area contributed by atoms with Gasteiger partial charge in [0.05, 0.1) is 18.1 Å². The van der Waals surface area contributed by atoms with Crippen molar-refractivity contribution in [1.82, 2.24) is 15.0 Å². The Morgan fingerprint density at radius 3 is 2.61 bits per heavy atom. The molecule has 2 aromatic heterocycles. The van der Waals surface area contributed by atoms with Gasteiger partial charge in [0.15, 0.2) is 0 Å². The number of amides is 1. The predicted octanol–water partition coefficient (Wildman–Crippen LogP) is 2.94. The van der Waals surface area contributed by atoms with Crippen LogP contribution in [-0.2, 0) is 21.2 Å². The highest BCUT2D eigenvalue weighted by molar-refractivity contribution is 7.93. The van der Waals surface area contributed by atoms with Gasteiger partial charge >= 0.3 is 11.8 Å². The van der Waals surface area contributed by atoms with E-state index in [1.807, 2.05) is 19.1 Å². The van der Waals surface area contributed by atoms with Crippen LogP contribution in [0.15, 0.2) is 39.8 Å². The molecule has 1 aliphatic rings. The van der Waals surface area contributed by atoms with Crippen molar-refractivity contribution in [3.63, 3.8) is 0 Å². The third-order valence-electron chi connectivity index (χ3n) is 4.90. The molecule has 1 aliphatic heterocycles. The molecular weight excluding hydrogens is 440 g/mol. The van der Waals surface area contributed by atoms with E-state index < -0.39 is 10.0 Å². The zero-order chi connectivity index (χ0) is 22.0. The number of carbonyl (C=O) groups excluding carboxylic acids is 1. The molecule has 164 valence electrons. The van der Waals surface area contributed by atoms with Crippen LogP contribution in [-0.4, -0.2) is 55.7 Å². The quantitative estimate of drug-likeness (QED) is 0.599. The van der Waals surface area contributed by atoms with E-state index in [1.165, 1.54) is 17.4 Å². The normalized spacial score (nSPS) is 14.6. The van der Waals surface area contributed by atoms with Gasteiger partial charge in [0, 0.05) is 23.7 Å². The summed E-state index contributed by atoms with van der Waals surface area (Å²) in [6, 6.07) is 8.74. The van der Waals surface area contributed by atoms with Crippen LogP contribution in [0.5, 0.6) is 0 Å². The number of aryl methyl sites for hydroxylation is 2.